The average molecular weight is 401 g/mol. The lowest BCUT2D eigenvalue weighted by Gasteiger charge is -2.10. The molecule has 0 spiro atoms. The molecule has 2 aromatic carbocycles. The fourth-order valence-corrected chi connectivity index (χ4v) is 3.61. The zero-order valence-corrected chi connectivity index (χ0v) is 16.7. The molecule has 144 valence electrons. The maximum atomic E-state index is 8.52. The van der Waals surface area contributed by atoms with Gasteiger partial charge in [-0.2, -0.15) is 5.10 Å². The zero-order chi connectivity index (χ0) is 20.2. The molecule has 0 saturated carbocycles. The molecule has 2 aromatic heterocycles. The van der Waals surface area contributed by atoms with Crippen molar-refractivity contribution in [2.45, 2.75) is 11.3 Å². The fourth-order valence-electron chi connectivity index (χ4n) is 3.10. The number of hydrogen-bond acceptors (Lipinski definition) is 6. The summed E-state index contributed by atoms with van der Waals surface area (Å²) in [7, 11) is 1.88. The summed E-state index contributed by atoms with van der Waals surface area (Å²) in [4.78, 5) is 5.44. The molecule has 0 amide bonds. The third-order valence-electron chi connectivity index (χ3n) is 4.50. The Kier molecular flexibility index (Phi) is 5.50. The zero-order valence-electron chi connectivity index (χ0n) is 15.9. The van der Waals surface area contributed by atoms with Gasteiger partial charge in [-0.05, 0) is 67.0 Å². The monoisotopic (exact) mass is 400 g/mol. The van der Waals surface area contributed by atoms with Crippen LogP contribution in [0.3, 0.4) is 0 Å². The second-order valence-electron chi connectivity index (χ2n) is 6.50. The Morgan fingerprint density at radius 3 is 2.69 bits per heavy atom. The molecule has 2 heterocycles. The van der Waals surface area contributed by atoms with Gasteiger partial charge in [0, 0.05) is 28.5 Å². The second-order valence-corrected chi connectivity index (χ2v) is 7.58. The third kappa shape index (κ3) is 4.26. The molecule has 0 aliphatic carbocycles. The lowest BCUT2D eigenvalue weighted by atomic mass is 10.1. The van der Waals surface area contributed by atoms with Gasteiger partial charge >= 0.3 is 0 Å². The molecule has 4 aromatic rings. The molecule has 7 heteroatoms. The summed E-state index contributed by atoms with van der Waals surface area (Å²) in [5, 5.41) is 22.3. The average Bonchev–Trinajstić information content (AvgIpc) is 2.75. The number of rotatable bonds is 5. The highest BCUT2D eigenvalue weighted by atomic mass is 32.2. The predicted molar refractivity (Wildman–Crippen MR) is 117 cm³/mol. The van der Waals surface area contributed by atoms with Gasteiger partial charge in [0.05, 0.1) is 11.2 Å². The lowest BCUT2D eigenvalue weighted by Crippen LogP contribution is -2.30. The van der Waals surface area contributed by atoms with Gasteiger partial charge in [-0.3, -0.25) is 20.5 Å². The Morgan fingerprint density at radius 1 is 1.07 bits per heavy atom. The topological polar surface area (TPSA) is 90.4 Å². The van der Waals surface area contributed by atoms with E-state index in [1.807, 2.05) is 67.7 Å². The van der Waals surface area contributed by atoms with Crippen LogP contribution in [0.2, 0.25) is 0 Å². The van der Waals surface area contributed by atoms with E-state index in [0.29, 0.717) is 6.42 Å². The molecule has 0 aliphatic rings. The van der Waals surface area contributed by atoms with Crippen molar-refractivity contribution in [3.63, 3.8) is 0 Å². The first kappa shape index (κ1) is 19.0. The summed E-state index contributed by atoms with van der Waals surface area (Å²) in [5.74, 6) is 0.252. The molecule has 4 rings (SSSR count). The summed E-state index contributed by atoms with van der Waals surface area (Å²) in [6.45, 7) is 0. The van der Waals surface area contributed by atoms with Crippen molar-refractivity contribution in [3.05, 3.63) is 84.0 Å². The third-order valence-corrected chi connectivity index (χ3v) is 5.21. The van der Waals surface area contributed by atoms with E-state index < -0.39 is 0 Å². The number of nitrogens with zero attached hydrogens (tertiary/aromatic N) is 3. The van der Waals surface area contributed by atoms with Gasteiger partial charge in [-0.25, -0.2) is 4.68 Å². The van der Waals surface area contributed by atoms with Gasteiger partial charge in [0.2, 0.25) is 0 Å². The van der Waals surface area contributed by atoms with Gasteiger partial charge in [-0.1, -0.05) is 24.3 Å². The molecule has 0 aliphatic heterocycles. The highest BCUT2D eigenvalue weighted by Crippen LogP contribution is 2.20. The summed E-state index contributed by atoms with van der Waals surface area (Å²) in [5.41, 5.74) is 3.78. The van der Waals surface area contributed by atoms with Gasteiger partial charge in [-0.15, -0.1) is 0 Å². The minimum atomic E-state index is 0.184. The first-order chi connectivity index (χ1) is 14.1. The number of aromatic nitrogens is 3. The van der Waals surface area contributed by atoms with Gasteiger partial charge in [0.15, 0.2) is 0 Å². The molecule has 0 fully saturated rings. The van der Waals surface area contributed by atoms with Crippen LogP contribution in [-0.4, -0.2) is 27.6 Å². The van der Waals surface area contributed by atoms with Crippen LogP contribution in [0.15, 0.2) is 77.8 Å². The van der Waals surface area contributed by atoms with E-state index in [1.165, 1.54) is 4.68 Å². The van der Waals surface area contributed by atoms with Crippen LogP contribution in [0.4, 0.5) is 0 Å². The van der Waals surface area contributed by atoms with Crippen LogP contribution >= 0.6 is 11.9 Å². The number of hydrogen-bond donors (Lipinski definition) is 3. The van der Waals surface area contributed by atoms with Crippen LogP contribution in [0, 0.1) is 10.8 Å². The SMILES string of the molecule is CNSc1ccc(-c2ccc(=N)n(C(=N)Cc3ccc4ncccc4c3)n2)cc1. The lowest BCUT2D eigenvalue weighted by molar-refractivity contribution is 0.799. The maximum Gasteiger partial charge on any atom is 0.148 e. The Balaban J connectivity index is 1.60. The highest BCUT2D eigenvalue weighted by Gasteiger charge is 2.08. The number of nitrogens with one attached hydrogen (secondary N) is 3. The molecule has 0 saturated heterocycles. The predicted octanol–water partition coefficient (Wildman–Crippen LogP) is 3.87. The second kappa shape index (κ2) is 8.38. The Morgan fingerprint density at radius 2 is 1.90 bits per heavy atom. The molecule has 29 heavy (non-hydrogen) atoms. The van der Waals surface area contributed by atoms with Crippen molar-refractivity contribution in [1.82, 2.24) is 19.5 Å². The molecule has 3 N–H and O–H groups in total. The normalized spacial score (nSPS) is 10.9. The quantitative estimate of drug-likeness (QED) is 0.269. The molecule has 6 nitrogen and oxygen atoms in total. The fraction of sp³-hybridized carbons (Fsp3) is 0.0909. The number of fused-ring (bicyclic) bond motifs is 1. The van der Waals surface area contributed by atoms with Crippen LogP contribution in [-0.2, 0) is 6.42 Å². The van der Waals surface area contributed by atoms with Crippen molar-refractivity contribution >= 4 is 28.7 Å². The molecule has 0 atom stereocenters. The maximum absolute atomic E-state index is 8.52. The van der Waals surface area contributed by atoms with Crippen LogP contribution in [0.1, 0.15) is 5.56 Å². The van der Waals surface area contributed by atoms with Crippen molar-refractivity contribution in [1.29, 1.82) is 10.8 Å². The molecular weight excluding hydrogens is 380 g/mol. The van der Waals surface area contributed by atoms with Gasteiger partial charge < -0.3 is 0 Å². The smallest absolute Gasteiger partial charge is 0.148 e. The minimum absolute atomic E-state index is 0.184. The van der Waals surface area contributed by atoms with Crippen LogP contribution in [0.25, 0.3) is 22.2 Å². The first-order valence-electron chi connectivity index (χ1n) is 9.14. The molecule has 0 radical (unpaired) electrons. The van der Waals surface area contributed by atoms with E-state index in [9.17, 15) is 0 Å². The van der Waals surface area contributed by atoms with E-state index in [2.05, 4.69) is 14.8 Å². The van der Waals surface area contributed by atoms with E-state index in [-0.39, 0.29) is 11.3 Å². The molecule has 0 bridgehead atoms. The Bertz CT molecular complexity index is 1230. The number of pyridine rings is 1. The van der Waals surface area contributed by atoms with Crippen molar-refractivity contribution in [3.8, 4) is 11.3 Å². The number of benzene rings is 2. The van der Waals surface area contributed by atoms with Crippen molar-refractivity contribution in [2.24, 2.45) is 0 Å². The summed E-state index contributed by atoms with van der Waals surface area (Å²) >= 11 is 1.55. The van der Waals surface area contributed by atoms with Gasteiger partial charge in [0.25, 0.3) is 0 Å². The standard InChI is InChI=1S/C22H20N6S/c1-25-29-18-7-5-16(6-8-18)20-10-11-21(23)28(27-20)22(24)14-15-4-9-19-17(13-15)3-2-12-26-19/h2-13,23-25H,14H2,1H3. The van der Waals surface area contributed by atoms with E-state index >= 15 is 0 Å². The van der Waals surface area contributed by atoms with E-state index in [0.717, 1.165) is 32.6 Å². The Labute approximate surface area is 172 Å². The molecular formula is C22H20N6S. The largest absolute Gasteiger partial charge is 0.286 e. The minimum Gasteiger partial charge on any atom is -0.286 e. The van der Waals surface area contributed by atoms with Crippen LogP contribution in [0.5, 0.6) is 0 Å². The van der Waals surface area contributed by atoms with E-state index in [4.69, 9.17) is 10.8 Å². The van der Waals surface area contributed by atoms with Gasteiger partial charge in [0.1, 0.15) is 11.3 Å². The van der Waals surface area contributed by atoms with Crippen LogP contribution < -0.4 is 10.2 Å². The summed E-state index contributed by atoms with van der Waals surface area (Å²) in [6, 6.07) is 21.4. The first-order valence-corrected chi connectivity index (χ1v) is 9.96. The Hall–Kier alpha value is -3.29. The van der Waals surface area contributed by atoms with Crippen molar-refractivity contribution < 1.29 is 0 Å². The summed E-state index contributed by atoms with van der Waals surface area (Å²) in [6.07, 6.45) is 2.15. The van der Waals surface area contributed by atoms with E-state index in [1.54, 1.807) is 24.2 Å². The molecule has 0 unspecified atom stereocenters. The highest BCUT2D eigenvalue weighted by molar-refractivity contribution is 7.97. The van der Waals surface area contributed by atoms with Crippen molar-refractivity contribution in [2.75, 3.05) is 7.05 Å². The summed E-state index contributed by atoms with van der Waals surface area (Å²) < 4.78 is 4.44.